The predicted octanol–water partition coefficient (Wildman–Crippen LogP) is 0.838. The Kier molecular flexibility index (Phi) is 4.83. The second-order valence-corrected chi connectivity index (χ2v) is 2.12. The minimum atomic E-state index is -0.519. The molecule has 0 aromatic rings. The van der Waals surface area contributed by atoms with Crippen LogP contribution in [0.5, 0.6) is 0 Å². The largest absolute Gasteiger partial charge is 0.352 e. The molecule has 0 fully saturated rings. The Morgan fingerprint density at radius 3 is 2.91 bits per heavy atom. The molecule has 60 valence electrons. The first kappa shape index (κ1) is 9.70. The number of nitriles is 1. The van der Waals surface area contributed by atoms with E-state index in [1.807, 2.05) is 6.07 Å². The van der Waals surface area contributed by atoms with Crippen molar-refractivity contribution in [3.8, 4) is 6.07 Å². The lowest BCUT2D eigenvalue weighted by Gasteiger charge is -2.04. The topological polar surface area (TPSA) is 52.9 Å². The van der Waals surface area contributed by atoms with Gasteiger partial charge in [-0.25, -0.2) is 0 Å². The van der Waals surface area contributed by atoms with E-state index in [0.717, 1.165) is 0 Å². The highest BCUT2D eigenvalue weighted by Crippen LogP contribution is 1.98. The van der Waals surface area contributed by atoms with Crippen molar-refractivity contribution >= 4 is 5.91 Å². The highest BCUT2D eigenvalue weighted by atomic mass is 16.1. The lowest BCUT2D eigenvalue weighted by atomic mass is 10.1. The maximum absolute atomic E-state index is 11.0. The third-order valence-electron chi connectivity index (χ3n) is 1.30. The van der Waals surface area contributed by atoms with Crippen LogP contribution >= 0.6 is 0 Å². The Labute approximate surface area is 66.7 Å². The van der Waals surface area contributed by atoms with Gasteiger partial charge in [-0.15, -0.1) is 6.58 Å². The van der Waals surface area contributed by atoms with Crippen molar-refractivity contribution in [2.45, 2.75) is 13.3 Å². The standard InChI is InChI=1S/C8H12N2O/c1-3-5-10-8(11)7(4-2)6-9/h3,7H,1,4-5H2,2H3,(H,10,11). The highest BCUT2D eigenvalue weighted by molar-refractivity contribution is 5.81. The van der Waals surface area contributed by atoms with Crippen molar-refractivity contribution in [1.29, 1.82) is 5.26 Å². The van der Waals surface area contributed by atoms with Gasteiger partial charge in [-0.3, -0.25) is 4.79 Å². The molecule has 3 nitrogen and oxygen atoms in total. The minimum Gasteiger partial charge on any atom is -0.352 e. The SMILES string of the molecule is C=CCNC(=O)C(C#N)CC. The Morgan fingerprint density at radius 1 is 1.91 bits per heavy atom. The minimum absolute atomic E-state index is 0.213. The molecular weight excluding hydrogens is 140 g/mol. The van der Waals surface area contributed by atoms with Gasteiger partial charge in [0, 0.05) is 6.54 Å². The van der Waals surface area contributed by atoms with Crippen molar-refractivity contribution in [3.63, 3.8) is 0 Å². The van der Waals surface area contributed by atoms with Gasteiger partial charge in [0.25, 0.3) is 0 Å². The Balaban J connectivity index is 3.81. The molecule has 1 unspecified atom stereocenters. The van der Waals surface area contributed by atoms with Gasteiger partial charge < -0.3 is 5.32 Å². The molecule has 0 aromatic carbocycles. The summed E-state index contributed by atoms with van der Waals surface area (Å²) in [7, 11) is 0. The quantitative estimate of drug-likeness (QED) is 0.607. The van der Waals surface area contributed by atoms with Gasteiger partial charge in [-0.2, -0.15) is 5.26 Å². The second-order valence-electron chi connectivity index (χ2n) is 2.12. The molecule has 1 amide bonds. The van der Waals surface area contributed by atoms with Crippen LogP contribution in [0.25, 0.3) is 0 Å². The van der Waals surface area contributed by atoms with E-state index in [0.29, 0.717) is 13.0 Å². The van der Waals surface area contributed by atoms with Crippen molar-refractivity contribution in [1.82, 2.24) is 5.32 Å². The van der Waals surface area contributed by atoms with Crippen LogP contribution in [-0.4, -0.2) is 12.5 Å². The van der Waals surface area contributed by atoms with Crippen LogP contribution in [0.15, 0.2) is 12.7 Å². The fourth-order valence-electron chi connectivity index (χ4n) is 0.631. The normalized spacial score (nSPS) is 11.3. The van der Waals surface area contributed by atoms with Crippen molar-refractivity contribution in [2.24, 2.45) is 5.92 Å². The van der Waals surface area contributed by atoms with Crippen molar-refractivity contribution < 1.29 is 4.79 Å². The van der Waals surface area contributed by atoms with Gasteiger partial charge in [-0.05, 0) is 6.42 Å². The fraction of sp³-hybridized carbons (Fsp3) is 0.500. The smallest absolute Gasteiger partial charge is 0.237 e. The summed E-state index contributed by atoms with van der Waals surface area (Å²) in [4.78, 5) is 11.0. The molecule has 0 saturated heterocycles. The number of carbonyl (C=O) groups excluding carboxylic acids is 1. The highest BCUT2D eigenvalue weighted by Gasteiger charge is 2.13. The third kappa shape index (κ3) is 3.41. The number of rotatable bonds is 4. The summed E-state index contributed by atoms with van der Waals surface area (Å²) in [5, 5.41) is 11.0. The van der Waals surface area contributed by atoms with Crippen LogP contribution < -0.4 is 5.32 Å². The molecule has 0 rings (SSSR count). The summed E-state index contributed by atoms with van der Waals surface area (Å²) in [5.74, 6) is -0.732. The van der Waals surface area contributed by atoms with Gasteiger partial charge in [0.15, 0.2) is 0 Å². The van der Waals surface area contributed by atoms with Gasteiger partial charge in [0.05, 0.1) is 6.07 Å². The molecule has 0 radical (unpaired) electrons. The molecule has 1 N–H and O–H groups in total. The number of nitrogens with zero attached hydrogens (tertiary/aromatic N) is 1. The number of amides is 1. The van der Waals surface area contributed by atoms with E-state index >= 15 is 0 Å². The van der Waals surface area contributed by atoms with Gasteiger partial charge in [-0.1, -0.05) is 13.0 Å². The van der Waals surface area contributed by atoms with Crippen LogP contribution in [0.3, 0.4) is 0 Å². The maximum Gasteiger partial charge on any atom is 0.237 e. The summed E-state index contributed by atoms with van der Waals surface area (Å²) in [5.41, 5.74) is 0. The van der Waals surface area contributed by atoms with Crippen LogP contribution in [0.4, 0.5) is 0 Å². The van der Waals surface area contributed by atoms with Crippen molar-refractivity contribution in [3.05, 3.63) is 12.7 Å². The third-order valence-corrected chi connectivity index (χ3v) is 1.30. The average Bonchev–Trinajstić information content (AvgIpc) is 2.03. The first-order chi connectivity index (χ1) is 5.26. The first-order valence-corrected chi connectivity index (χ1v) is 3.54. The van der Waals surface area contributed by atoms with E-state index in [4.69, 9.17) is 5.26 Å². The Bertz CT molecular complexity index is 181. The van der Waals surface area contributed by atoms with Crippen molar-refractivity contribution in [2.75, 3.05) is 6.54 Å². The summed E-state index contributed by atoms with van der Waals surface area (Å²) in [6, 6.07) is 1.91. The lowest BCUT2D eigenvalue weighted by molar-refractivity contribution is -0.123. The summed E-state index contributed by atoms with van der Waals surface area (Å²) in [6.45, 7) is 5.68. The Hall–Kier alpha value is -1.30. The van der Waals surface area contributed by atoms with E-state index in [1.165, 1.54) is 0 Å². The van der Waals surface area contributed by atoms with E-state index in [9.17, 15) is 4.79 Å². The predicted molar refractivity (Wildman–Crippen MR) is 42.6 cm³/mol. The molecule has 1 atom stereocenters. The zero-order valence-corrected chi connectivity index (χ0v) is 6.63. The average molecular weight is 152 g/mol. The van der Waals surface area contributed by atoms with E-state index in [1.54, 1.807) is 13.0 Å². The number of hydrogen-bond donors (Lipinski definition) is 1. The molecule has 0 spiro atoms. The van der Waals surface area contributed by atoms with Gasteiger partial charge >= 0.3 is 0 Å². The molecule has 0 heterocycles. The van der Waals surface area contributed by atoms with E-state index in [2.05, 4.69) is 11.9 Å². The fourth-order valence-corrected chi connectivity index (χ4v) is 0.631. The molecule has 3 heteroatoms. The lowest BCUT2D eigenvalue weighted by Crippen LogP contribution is -2.29. The second kappa shape index (κ2) is 5.48. The summed E-state index contributed by atoms with van der Waals surface area (Å²) >= 11 is 0. The molecule has 11 heavy (non-hydrogen) atoms. The Morgan fingerprint density at radius 2 is 2.55 bits per heavy atom. The van der Waals surface area contributed by atoms with Gasteiger partial charge in [0.1, 0.15) is 5.92 Å². The number of nitrogens with one attached hydrogen (secondary N) is 1. The molecule has 0 aliphatic rings. The molecular formula is C8H12N2O. The summed E-state index contributed by atoms with van der Waals surface area (Å²) in [6.07, 6.45) is 2.14. The van der Waals surface area contributed by atoms with Crippen LogP contribution in [0.2, 0.25) is 0 Å². The zero-order chi connectivity index (χ0) is 8.69. The molecule has 0 saturated carbocycles. The van der Waals surface area contributed by atoms with E-state index in [-0.39, 0.29) is 5.91 Å². The zero-order valence-electron chi connectivity index (χ0n) is 6.63. The van der Waals surface area contributed by atoms with Crippen LogP contribution in [-0.2, 0) is 4.79 Å². The number of hydrogen-bond acceptors (Lipinski definition) is 2. The first-order valence-electron chi connectivity index (χ1n) is 3.54. The van der Waals surface area contributed by atoms with Crippen LogP contribution in [0.1, 0.15) is 13.3 Å². The number of carbonyl (C=O) groups is 1. The van der Waals surface area contributed by atoms with Crippen LogP contribution in [0, 0.1) is 17.2 Å². The maximum atomic E-state index is 11.0. The summed E-state index contributed by atoms with van der Waals surface area (Å²) < 4.78 is 0. The monoisotopic (exact) mass is 152 g/mol. The molecule has 0 bridgehead atoms. The molecule has 0 aliphatic carbocycles. The van der Waals surface area contributed by atoms with Gasteiger partial charge in [0.2, 0.25) is 5.91 Å². The molecule has 0 aromatic heterocycles. The van der Waals surface area contributed by atoms with E-state index < -0.39 is 5.92 Å². The molecule has 0 aliphatic heterocycles.